The van der Waals surface area contributed by atoms with Crippen LogP contribution in [0.4, 0.5) is 8.78 Å². The summed E-state index contributed by atoms with van der Waals surface area (Å²) in [4.78, 5) is 52.2. The van der Waals surface area contributed by atoms with E-state index in [-0.39, 0.29) is 13.0 Å². The van der Waals surface area contributed by atoms with Crippen molar-refractivity contribution in [2.75, 3.05) is 19.6 Å². The largest absolute Gasteiger partial charge is 0.480 e. The number of carbonyl (C=O) groups is 2. The molecule has 2 N–H and O–H groups in total. The number of benzene rings is 2. The van der Waals surface area contributed by atoms with Crippen molar-refractivity contribution in [3.05, 3.63) is 75.1 Å². The number of piperidine rings is 1. The van der Waals surface area contributed by atoms with Gasteiger partial charge in [-0.05, 0) is 42.9 Å². The minimum atomic E-state index is -2.45. The minimum Gasteiger partial charge on any atom is -0.480 e. The molecule has 1 aliphatic heterocycles. The zero-order chi connectivity index (χ0) is 27.6. The van der Waals surface area contributed by atoms with Gasteiger partial charge in [-0.15, -0.1) is 0 Å². The van der Waals surface area contributed by atoms with E-state index in [4.69, 9.17) is 0 Å². The quantitative estimate of drug-likeness (QED) is 0.463. The van der Waals surface area contributed by atoms with Crippen LogP contribution in [-0.2, 0) is 23.1 Å². The van der Waals surface area contributed by atoms with Crippen LogP contribution in [0.5, 0.6) is 0 Å². The predicted molar refractivity (Wildman–Crippen MR) is 138 cm³/mol. The fraction of sp³-hybridized carbons (Fsp3) is 0.407. The molecule has 38 heavy (non-hydrogen) atoms. The highest BCUT2D eigenvalue weighted by atomic mass is 19.3. The van der Waals surface area contributed by atoms with E-state index >= 15 is 0 Å². The molecule has 1 aromatic heterocycles. The van der Waals surface area contributed by atoms with Crippen LogP contribution >= 0.6 is 0 Å². The number of halogens is 2. The van der Waals surface area contributed by atoms with E-state index in [1.807, 2.05) is 0 Å². The van der Waals surface area contributed by atoms with Gasteiger partial charge in [0, 0.05) is 36.5 Å². The van der Waals surface area contributed by atoms with Crippen molar-refractivity contribution in [3.63, 3.8) is 0 Å². The number of likely N-dealkylation sites (tertiary alicyclic amines) is 1. The molecule has 1 amide bonds. The first-order chi connectivity index (χ1) is 18.0. The van der Waals surface area contributed by atoms with Crippen molar-refractivity contribution >= 4 is 22.6 Å². The molecule has 1 saturated heterocycles. The van der Waals surface area contributed by atoms with Gasteiger partial charge in [-0.1, -0.05) is 37.3 Å². The molecule has 1 atom stereocenters. The number of carboxylic acids is 1. The summed E-state index contributed by atoms with van der Waals surface area (Å²) in [5, 5.41) is 13.8. The summed E-state index contributed by atoms with van der Waals surface area (Å²) < 4.78 is 27.8. The van der Waals surface area contributed by atoms with E-state index in [1.165, 1.54) is 23.9 Å². The van der Waals surface area contributed by atoms with Crippen LogP contribution in [-0.4, -0.2) is 63.1 Å². The van der Waals surface area contributed by atoms with Gasteiger partial charge in [0.25, 0.3) is 12.0 Å². The number of aliphatic carboxylic acids is 1. The van der Waals surface area contributed by atoms with E-state index in [9.17, 15) is 33.1 Å². The molecule has 2 heterocycles. The zero-order valence-electron chi connectivity index (χ0n) is 21.2. The Morgan fingerprint density at radius 2 is 1.71 bits per heavy atom. The highest BCUT2D eigenvalue weighted by Gasteiger charge is 2.39. The van der Waals surface area contributed by atoms with Crippen LogP contribution in [0, 0.1) is 5.41 Å². The second-order valence-corrected chi connectivity index (χ2v) is 9.99. The van der Waals surface area contributed by atoms with Gasteiger partial charge in [0.1, 0.15) is 6.04 Å². The molecule has 11 heteroatoms. The van der Waals surface area contributed by atoms with Crippen LogP contribution in [0.1, 0.15) is 25.3 Å². The standard InChI is InChI=1S/C27H30F2N4O5/c1-27(10-13-32(14-11-27)16-22(28)29)25(37)30-20(24(35)36)15-17-5-3-7-19-18(17)6-4-8-21(19)33-23(34)9-12-31(2)26(33)38/h3-9,12,20,22H,10-11,13-16H2,1-2H3,(H,30,37)(H,35,36)/t20-/m0/s1. The fourth-order valence-corrected chi connectivity index (χ4v) is 4.92. The van der Waals surface area contributed by atoms with Gasteiger partial charge < -0.3 is 15.0 Å². The molecule has 202 valence electrons. The molecule has 1 aliphatic rings. The van der Waals surface area contributed by atoms with Crippen molar-refractivity contribution in [3.8, 4) is 5.69 Å². The molecular formula is C27H30F2N4O5. The van der Waals surface area contributed by atoms with Gasteiger partial charge in [-0.25, -0.2) is 22.9 Å². The Morgan fingerprint density at radius 3 is 2.37 bits per heavy atom. The van der Waals surface area contributed by atoms with Gasteiger partial charge in [0.05, 0.1) is 12.2 Å². The number of hydrogen-bond donors (Lipinski definition) is 2. The summed E-state index contributed by atoms with van der Waals surface area (Å²) in [7, 11) is 1.54. The Bertz CT molecular complexity index is 1470. The van der Waals surface area contributed by atoms with E-state index in [0.717, 1.165) is 4.57 Å². The van der Waals surface area contributed by atoms with Crippen LogP contribution in [0.3, 0.4) is 0 Å². The first-order valence-corrected chi connectivity index (χ1v) is 12.3. The number of nitrogens with zero attached hydrogens (tertiary/aromatic N) is 3. The summed E-state index contributed by atoms with van der Waals surface area (Å²) in [5.41, 5.74) is -0.884. The highest BCUT2D eigenvalue weighted by Crippen LogP contribution is 2.32. The third-order valence-electron chi connectivity index (χ3n) is 7.32. The number of nitrogens with one attached hydrogen (secondary N) is 1. The first kappa shape index (κ1) is 27.2. The molecule has 0 radical (unpaired) electrons. The highest BCUT2D eigenvalue weighted by molar-refractivity contribution is 5.93. The Hall–Kier alpha value is -3.86. The second-order valence-electron chi connectivity index (χ2n) is 9.99. The first-order valence-electron chi connectivity index (χ1n) is 12.3. The second kappa shape index (κ2) is 10.9. The molecule has 3 aromatic rings. The number of alkyl halides is 2. The summed E-state index contributed by atoms with van der Waals surface area (Å²) in [6.45, 7) is 2.04. The number of carbonyl (C=O) groups excluding carboxylic acids is 1. The molecule has 0 unspecified atom stereocenters. The number of fused-ring (bicyclic) bond motifs is 1. The summed E-state index contributed by atoms with van der Waals surface area (Å²) in [6.07, 6.45) is -0.403. The monoisotopic (exact) mass is 528 g/mol. The van der Waals surface area contributed by atoms with E-state index in [2.05, 4.69) is 5.32 Å². The van der Waals surface area contributed by atoms with Crippen molar-refractivity contribution in [2.24, 2.45) is 12.5 Å². The average molecular weight is 529 g/mol. The maximum absolute atomic E-state index is 13.1. The lowest BCUT2D eigenvalue weighted by Crippen LogP contribution is -2.52. The van der Waals surface area contributed by atoms with E-state index < -0.39 is 41.0 Å². The SMILES string of the molecule is Cn1ccc(=O)n(-c2cccc3c(C[C@H](NC(=O)C4(C)CCN(CC(F)F)CC4)C(=O)O)cccc23)c1=O. The molecule has 4 rings (SSSR count). The van der Waals surface area contributed by atoms with E-state index in [1.54, 1.807) is 48.2 Å². The van der Waals surface area contributed by atoms with Crippen molar-refractivity contribution < 1.29 is 23.5 Å². The number of aromatic nitrogens is 2. The van der Waals surface area contributed by atoms with Crippen molar-refractivity contribution in [2.45, 2.75) is 38.7 Å². The molecule has 0 spiro atoms. The summed E-state index contributed by atoms with van der Waals surface area (Å²) in [6, 6.07) is 10.3. The average Bonchev–Trinajstić information content (AvgIpc) is 2.87. The Morgan fingerprint density at radius 1 is 1.05 bits per heavy atom. The Labute approximate surface area is 217 Å². The lowest BCUT2D eigenvalue weighted by molar-refractivity contribution is -0.144. The number of rotatable bonds is 8. The van der Waals surface area contributed by atoms with Crippen LogP contribution < -0.4 is 16.6 Å². The number of hydrogen-bond acceptors (Lipinski definition) is 5. The fourth-order valence-electron chi connectivity index (χ4n) is 4.92. The molecule has 1 fully saturated rings. The molecule has 0 saturated carbocycles. The Kier molecular flexibility index (Phi) is 7.77. The Balaban J connectivity index is 1.60. The van der Waals surface area contributed by atoms with Crippen LogP contribution in [0.15, 0.2) is 58.3 Å². The number of carboxylic acid groups (broad SMARTS) is 1. The van der Waals surface area contributed by atoms with Gasteiger partial charge in [-0.2, -0.15) is 0 Å². The predicted octanol–water partition coefficient (Wildman–Crippen LogP) is 2.17. The molecule has 9 nitrogen and oxygen atoms in total. The molecular weight excluding hydrogens is 498 g/mol. The minimum absolute atomic E-state index is 0.0306. The van der Waals surface area contributed by atoms with Gasteiger partial charge in [0.15, 0.2) is 0 Å². The van der Waals surface area contributed by atoms with Gasteiger partial charge >= 0.3 is 11.7 Å². The third kappa shape index (κ3) is 5.52. The van der Waals surface area contributed by atoms with Crippen LogP contribution in [0.25, 0.3) is 16.5 Å². The smallest absolute Gasteiger partial charge is 0.335 e. The normalized spacial score (nSPS) is 16.4. The maximum atomic E-state index is 13.1. The number of aryl methyl sites for hydroxylation is 1. The van der Waals surface area contributed by atoms with Gasteiger partial charge in [0.2, 0.25) is 5.91 Å². The topological polar surface area (TPSA) is 114 Å². The lowest BCUT2D eigenvalue weighted by Gasteiger charge is -2.38. The number of amides is 1. The molecule has 0 bridgehead atoms. The third-order valence-corrected chi connectivity index (χ3v) is 7.32. The van der Waals surface area contributed by atoms with Gasteiger partial charge in [-0.3, -0.25) is 14.5 Å². The molecule has 0 aliphatic carbocycles. The van der Waals surface area contributed by atoms with Crippen molar-refractivity contribution in [1.29, 1.82) is 0 Å². The summed E-state index contributed by atoms with van der Waals surface area (Å²) in [5.74, 6) is -1.64. The van der Waals surface area contributed by atoms with Crippen molar-refractivity contribution in [1.82, 2.24) is 19.4 Å². The maximum Gasteiger partial charge on any atom is 0.335 e. The zero-order valence-corrected chi connectivity index (χ0v) is 21.2. The molecule has 2 aromatic carbocycles. The van der Waals surface area contributed by atoms with Crippen LogP contribution in [0.2, 0.25) is 0 Å². The lowest BCUT2D eigenvalue weighted by atomic mass is 9.79. The van der Waals surface area contributed by atoms with E-state index in [0.29, 0.717) is 48.0 Å². The summed E-state index contributed by atoms with van der Waals surface area (Å²) >= 11 is 0.